The molecule has 1 saturated heterocycles. The molecule has 1 aromatic carbocycles. The van der Waals surface area contributed by atoms with Crippen molar-refractivity contribution in [1.29, 1.82) is 0 Å². The fourth-order valence-electron chi connectivity index (χ4n) is 3.33. The Morgan fingerprint density at radius 2 is 1.68 bits per heavy atom. The minimum Gasteiger partial charge on any atom is -0.352 e. The van der Waals surface area contributed by atoms with E-state index >= 15 is 0 Å². The number of hydrogen-bond donors (Lipinski definition) is 0. The Morgan fingerprint density at radius 1 is 1.09 bits per heavy atom. The summed E-state index contributed by atoms with van der Waals surface area (Å²) in [6, 6.07) is 8.61. The normalized spacial score (nSPS) is 27.8. The van der Waals surface area contributed by atoms with Gasteiger partial charge in [0.1, 0.15) is 6.79 Å². The minimum absolute atomic E-state index is 0.0784. The molecule has 0 unspecified atom stereocenters. The van der Waals surface area contributed by atoms with Crippen molar-refractivity contribution in [2.75, 3.05) is 12.5 Å². The van der Waals surface area contributed by atoms with E-state index in [-0.39, 0.29) is 36.6 Å². The Labute approximate surface area is 133 Å². The van der Waals surface area contributed by atoms with Crippen molar-refractivity contribution in [3.05, 3.63) is 30.3 Å². The van der Waals surface area contributed by atoms with Gasteiger partial charge in [-0.2, -0.15) is 0 Å². The predicted octanol–water partition coefficient (Wildman–Crippen LogP) is 3.13. The van der Waals surface area contributed by atoms with Crippen molar-refractivity contribution >= 4 is 9.84 Å². The first-order chi connectivity index (χ1) is 10.3. The van der Waals surface area contributed by atoms with Crippen molar-refractivity contribution in [1.82, 2.24) is 0 Å². The van der Waals surface area contributed by atoms with Crippen LogP contribution in [0, 0.1) is 17.8 Å². The standard InChI is InChI=1S/C17H26O4S/c1-12(2)16-14(4)17(21-11-20-16)13(3)10-22(18,19)15-8-6-5-7-9-15/h5-9,12-14,16-17H,10-11H2,1-4H3/t13-,14+,16-,17-/m0/s1. The van der Waals surface area contributed by atoms with Crippen LogP contribution in [-0.4, -0.2) is 33.2 Å². The van der Waals surface area contributed by atoms with Gasteiger partial charge in [0.2, 0.25) is 0 Å². The highest BCUT2D eigenvalue weighted by Gasteiger charge is 2.38. The highest BCUT2D eigenvalue weighted by Crippen LogP contribution is 2.31. The van der Waals surface area contributed by atoms with Gasteiger partial charge in [-0.15, -0.1) is 0 Å². The molecule has 0 bridgehead atoms. The lowest BCUT2D eigenvalue weighted by atomic mass is 9.84. The maximum absolute atomic E-state index is 12.5. The molecule has 1 heterocycles. The smallest absolute Gasteiger partial charge is 0.178 e. The highest BCUT2D eigenvalue weighted by molar-refractivity contribution is 7.91. The molecule has 0 N–H and O–H groups in total. The van der Waals surface area contributed by atoms with Crippen LogP contribution in [0.15, 0.2) is 35.2 Å². The van der Waals surface area contributed by atoms with Gasteiger partial charge in [0, 0.05) is 5.92 Å². The molecule has 1 aromatic rings. The molecule has 4 nitrogen and oxygen atoms in total. The van der Waals surface area contributed by atoms with Crippen molar-refractivity contribution in [2.24, 2.45) is 17.8 Å². The number of hydrogen-bond acceptors (Lipinski definition) is 4. The number of benzene rings is 1. The van der Waals surface area contributed by atoms with Gasteiger partial charge in [-0.1, -0.05) is 45.9 Å². The third-order valence-corrected chi connectivity index (χ3v) is 6.31. The minimum atomic E-state index is -3.29. The van der Waals surface area contributed by atoms with E-state index in [1.807, 2.05) is 13.0 Å². The average molecular weight is 326 g/mol. The van der Waals surface area contributed by atoms with Gasteiger partial charge in [-0.25, -0.2) is 8.42 Å². The molecule has 22 heavy (non-hydrogen) atoms. The molecule has 0 aliphatic carbocycles. The molecule has 1 fully saturated rings. The maximum atomic E-state index is 12.5. The highest BCUT2D eigenvalue weighted by atomic mass is 32.2. The van der Waals surface area contributed by atoms with Crippen molar-refractivity contribution in [3.8, 4) is 0 Å². The van der Waals surface area contributed by atoms with E-state index in [1.54, 1.807) is 24.3 Å². The van der Waals surface area contributed by atoms with Crippen LogP contribution in [0.2, 0.25) is 0 Å². The molecular formula is C17H26O4S. The number of sulfone groups is 1. The number of rotatable bonds is 5. The van der Waals surface area contributed by atoms with Crippen LogP contribution in [0.1, 0.15) is 27.7 Å². The van der Waals surface area contributed by atoms with Crippen molar-refractivity contribution in [3.63, 3.8) is 0 Å². The lowest BCUT2D eigenvalue weighted by molar-refractivity contribution is -0.224. The van der Waals surface area contributed by atoms with Crippen LogP contribution in [0.3, 0.4) is 0 Å². The van der Waals surface area contributed by atoms with Crippen LogP contribution in [0.4, 0.5) is 0 Å². The molecule has 0 amide bonds. The van der Waals surface area contributed by atoms with Crippen molar-refractivity contribution < 1.29 is 17.9 Å². The Morgan fingerprint density at radius 3 is 2.27 bits per heavy atom. The summed E-state index contributed by atoms with van der Waals surface area (Å²) >= 11 is 0. The SMILES string of the molecule is CC(C)[C@@H]1OCO[C@@H]([C@@H](C)CS(=O)(=O)c2ccccc2)[C@@H]1C. The molecule has 5 heteroatoms. The van der Waals surface area contributed by atoms with Gasteiger partial charge in [0.05, 0.1) is 22.9 Å². The second-order valence-electron chi connectivity index (χ2n) is 6.56. The van der Waals surface area contributed by atoms with Gasteiger partial charge in [-0.05, 0) is 24.0 Å². The quantitative estimate of drug-likeness (QED) is 0.834. The molecule has 2 rings (SSSR count). The largest absolute Gasteiger partial charge is 0.352 e. The van der Waals surface area contributed by atoms with Crippen LogP contribution in [0.5, 0.6) is 0 Å². The fourth-order valence-corrected chi connectivity index (χ4v) is 4.98. The molecule has 1 aliphatic heterocycles. The molecular weight excluding hydrogens is 300 g/mol. The zero-order chi connectivity index (χ0) is 16.3. The van der Waals surface area contributed by atoms with E-state index in [2.05, 4.69) is 20.8 Å². The van der Waals surface area contributed by atoms with E-state index in [0.29, 0.717) is 10.8 Å². The summed E-state index contributed by atoms with van der Waals surface area (Å²) in [4.78, 5) is 0.377. The summed E-state index contributed by atoms with van der Waals surface area (Å²) in [6.45, 7) is 8.52. The zero-order valence-electron chi connectivity index (χ0n) is 13.7. The van der Waals surface area contributed by atoms with Crippen LogP contribution in [0.25, 0.3) is 0 Å². The van der Waals surface area contributed by atoms with E-state index < -0.39 is 9.84 Å². The molecule has 0 aromatic heterocycles. The Bertz CT molecular complexity index is 568. The maximum Gasteiger partial charge on any atom is 0.178 e. The van der Waals surface area contributed by atoms with E-state index in [1.165, 1.54) is 0 Å². The number of ether oxygens (including phenoxy) is 2. The lowest BCUT2D eigenvalue weighted by Gasteiger charge is -2.40. The average Bonchev–Trinajstić information content (AvgIpc) is 2.47. The zero-order valence-corrected chi connectivity index (χ0v) is 14.5. The lowest BCUT2D eigenvalue weighted by Crippen LogP contribution is -2.46. The van der Waals surface area contributed by atoms with Gasteiger partial charge >= 0.3 is 0 Å². The van der Waals surface area contributed by atoms with Gasteiger partial charge in [0.15, 0.2) is 9.84 Å². The van der Waals surface area contributed by atoms with Crippen LogP contribution in [-0.2, 0) is 19.3 Å². The van der Waals surface area contributed by atoms with E-state index in [9.17, 15) is 8.42 Å². The first-order valence-electron chi connectivity index (χ1n) is 7.84. The summed E-state index contributed by atoms with van der Waals surface area (Å²) in [6.07, 6.45) is 0.0141. The summed E-state index contributed by atoms with van der Waals surface area (Å²) in [5.41, 5.74) is 0. The molecule has 4 atom stereocenters. The molecule has 0 radical (unpaired) electrons. The van der Waals surface area contributed by atoms with E-state index in [4.69, 9.17) is 9.47 Å². The topological polar surface area (TPSA) is 52.6 Å². The van der Waals surface area contributed by atoms with Crippen molar-refractivity contribution in [2.45, 2.75) is 44.8 Å². The predicted molar refractivity (Wildman–Crippen MR) is 86.3 cm³/mol. The van der Waals surface area contributed by atoms with Gasteiger partial charge < -0.3 is 9.47 Å². The van der Waals surface area contributed by atoms with Crippen LogP contribution >= 0.6 is 0 Å². The first-order valence-corrected chi connectivity index (χ1v) is 9.49. The second-order valence-corrected chi connectivity index (χ2v) is 8.59. The van der Waals surface area contributed by atoms with E-state index in [0.717, 1.165) is 0 Å². The third kappa shape index (κ3) is 3.89. The third-order valence-electron chi connectivity index (χ3n) is 4.36. The summed E-state index contributed by atoms with van der Waals surface area (Å²) < 4.78 is 36.4. The molecule has 1 aliphatic rings. The second kappa shape index (κ2) is 7.11. The fraction of sp³-hybridized carbons (Fsp3) is 0.647. The monoisotopic (exact) mass is 326 g/mol. The summed E-state index contributed by atoms with van der Waals surface area (Å²) in [5, 5.41) is 0. The first kappa shape index (κ1) is 17.4. The Hall–Kier alpha value is -0.910. The Balaban J connectivity index is 2.10. The summed E-state index contributed by atoms with van der Waals surface area (Å²) in [5.74, 6) is 0.580. The molecule has 0 saturated carbocycles. The Kier molecular flexibility index (Phi) is 5.64. The van der Waals surface area contributed by atoms with Crippen LogP contribution < -0.4 is 0 Å². The summed E-state index contributed by atoms with van der Waals surface area (Å²) in [7, 11) is -3.29. The van der Waals surface area contributed by atoms with Gasteiger partial charge in [0.25, 0.3) is 0 Å². The molecule has 0 spiro atoms. The molecule has 124 valence electrons. The van der Waals surface area contributed by atoms with Gasteiger partial charge in [-0.3, -0.25) is 0 Å².